The minimum Gasteiger partial charge on any atom is -0.466 e. The molecule has 88 valence electrons. The summed E-state index contributed by atoms with van der Waals surface area (Å²) in [5, 5.41) is 1.05. The van der Waals surface area contributed by atoms with Gasteiger partial charge in [-0.2, -0.15) is 0 Å². The summed E-state index contributed by atoms with van der Waals surface area (Å²) in [5.41, 5.74) is 3.03. The Labute approximate surface area is 100 Å². The van der Waals surface area contributed by atoms with Crippen LogP contribution in [0, 0.1) is 6.92 Å². The third kappa shape index (κ3) is 2.81. The Morgan fingerprint density at radius 1 is 1.35 bits per heavy atom. The van der Waals surface area contributed by atoms with Crippen LogP contribution in [-0.4, -0.2) is 17.6 Å². The van der Waals surface area contributed by atoms with E-state index in [4.69, 9.17) is 4.74 Å². The van der Waals surface area contributed by atoms with Crippen molar-refractivity contribution in [2.24, 2.45) is 0 Å². The number of aryl methyl sites for hydroxylation is 1. The molecule has 0 saturated heterocycles. The molecule has 2 rings (SSSR count). The maximum absolute atomic E-state index is 11.4. The number of carbonyl (C=O) groups is 1. The van der Waals surface area contributed by atoms with E-state index >= 15 is 0 Å². The predicted molar refractivity (Wildman–Crippen MR) is 66.8 cm³/mol. The van der Waals surface area contributed by atoms with Gasteiger partial charge in [0.2, 0.25) is 0 Å². The predicted octanol–water partition coefficient (Wildman–Crippen LogP) is 2.65. The van der Waals surface area contributed by atoms with Gasteiger partial charge in [-0.1, -0.05) is 12.1 Å². The molecule has 0 N–H and O–H groups in total. The average Bonchev–Trinajstić information content (AvgIpc) is 2.29. The zero-order valence-electron chi connectivity index (χ0n) is 10.1. The van der Waals surface area contributed by atoms with Crippen molar-refractivity contribution in [3.05, 3.63) is 41.6 Å². The number of hydrogen-bond acceptors (Lipinski definition) is 3. The van der Waals surface area contributed by atoms with Crippen LogP contribution in [0.3, 0.4) is 0 Å². The molecule has 0 saturated carbocycles. The van der Waals surface area contributed by atoms with E-state index in [0.29, 0.717) is 6.61 Å². The standard InChI is InChI=1S/C14H15NO2/c1-3-17-14(16)8-11-7-12-5-4-10(2)6-13(12)15-9-11/h4-7,9H,3,8H2,1-2H3. The molecule has 1 aromatic carbocycles. The SMILES string of the molecule is CCOC(=O)Cc1cnc2cc(C)ccc2c1. The molecule has 0 atom stereocenters. The smallest absolute Gasteiger partial charge is 0.310 e. The van der Waals surface area contributed by atoms with Crippen LogP contribution < -0.4 is 0 Å². The fraction of sp³-hybridized carbons (Fsp3) is 0.286. The van der Waals surface area contributed by atoms with Gasteiger partial charge in [-0.05, 0) is 37.1 Å². The first-order chi connectivity index (χ1) is 8.19. The Kier molecular flexibility index (Phi) is 3.38. The molecule has 17 heavy (non-hydrogen) atoms. The number of aromatic nitrogens is 1. The molecule has 0 fully saturated rings. The van der Waals surface area contributed by atoms with E-state index in [1.807, 2.05) is 31.2 Å². The first-order valence-electron chi connectivity index (χ1n) is 5.70. The van der Waals surface area contributed by atoms with Crippen LogP contribution in [0.2, 0.25) is 0 Å². The summed E-state index contributed by atoms with van der Waals surface area (Å²) in [6, 6.07) is 8.08. The molecule has 3 nitrogen and oxygen atoms in total. The number of hydrogen-bond donors (Lipinski definition) is 0. The van der Waals surface area contributed by atoms with Crippen molar-refractivity contribution in [2.75, 3.05) is 6.61 Å². The molecule has 0 amide bonds. The Hall–Kier alpha value is -1.90. The van der Waals surface area contributed by atoms with Crippen molar-refractivity contribution in [1.29, 1.82) is 0 Å². The van der Waals surface area contributed by atoms with Crippen molar-refractivity contribution in [2.45, 2.75) is 20.3 Å². The second kappa shape index (κ2) is 4.95. The summed E-state index contributed by atoms with van der Waals surface area (Å²) < 4.78 is 4.91. The number of benzene rings is 1. The summed E-state index contributed by atoms with van der Waals surface area (Å²) in [6.07, 6.45) is 2.02. The van der Waals surface area contributed by atoms with Gasteiger partial charge in [-0.15, -0.1) is 0 Å². The minimum absolute atomic E-state index is 0.208. The van der Waals surface area contributed by atoms with Gasteiger partial charge in [0.05, 0.1) is 18.5 Å². The van der Waals surface area contributed by atoms with E-state index in [9.17, 15) is 4.79 Å². The lowest BCUT2D eigenvalue weighted by molar-refractivity contribution is -0.142. The highest BCUT2D eigenvalue weighted by Crippen LogP contribution is 2.15. The summed E-state index contributed by atoms with van der Waals surface area (Å²) in [7, 11) is 0. The van der Waals surface area contributed by atoms with E-state index < -0.39 is 0 Å². The number of fused-ring (bicyclic) bond motifs is 1. The van der Waals surface area contributed by atoms with Gasteiger partial charge in [0, 0.05) is 11.6 Å². The number of pyridine rings is 1. The molecule has 1 heterocycles. The second-order valence-corrected chi connectivity index (χ2v) is 4.02. The van der Waals surface area contributed by atoms with E-state index in [0.717, 1.165) is 16.5 Å². The topological polar surface area (TPSA) is 39.2 Å². The second-order valence-electron chi connectivity index (χ2n) is 4.02. The van der Waals surface area contributed by atoms with Gasteiger partial charge < -0.3 is 4.74 Å². The molecular formula is C14H15NO2. The third-order valence-corrected chi connectivity index (χ3v) is 2.55. The Balaban J connectivity index is 2.26. The zero-order chi connectivity index (χ0) is 12.3. The molecule has 0 spiro atoms. The van der Waals surface area contributed by atoms with Crippen LogP contribution in [0.4, 0.5) is 0 Å². The molecule has 0 unspecified atom stereocenters. The monoisotopic (exact) mass is 229 g/mol. The van der Waals surface area contributed by atoms with Crippen LogP contribution in [0.25, 0.3) is 10.9 Å². The zero-order valence-corrected chi connectivity index (χ0v) is 10.1. The lowest BCUT2D eigenvalue weighted by Gasteiger charge is -2.04. The molecule has 2 aromatic rings. The van der Waals surface area contributed by atoms with Crippen molar-refractivity contribution < 1.29 is 9.53 Å². The highest BCUT2D eigenvalue weighted by atomic mass is 16.5. The lowest BCUT2D eigenvalue weighted by atomic mass is 10.1. The maximum atomic E-state index is 11.4. The molecule has 0 bridgehead atoms. The highest BCUT2D eigenvalue weighted by molar-refractivity contribution is 5.81. The number of ether oxygens (including phenoxy) is 1. The fourth-order valence-electron chi connectivity index (χ4n) is 1.75. The number of esters is 1. The lowest BCUT2D eigenvalue weighted by Crippen LogP contribution is -2.07. The Morgan fingerprint density at radius 3 is 2.94 bits per heavy atom. The molecular weight excluding hydrogens is 214 g/mol. The molecule has 1 aromatic heterocycles. The van der Waals surface area contributed by atoms with Gasteiger partial charge in [-0.3, -0.25) is 9.78 Å². The van der Waals surface area contributed by atoms with E-state index in [1.54, 1.807) is 13.1 Å². The molecule has 0 aliphatic rings. The summed E-state index contributed by atoms with van der Waals surface area (Å²) >= 11 is 0. The summed E-state index contributed by atoms with van der Waals surface area (Å²) in [4.78, 5) is 15.7. The molecule has 0 aliphatic heterocycles. The molecule has 0 radical (unpaired) electrons. The van der Waals surface area contributed by atoms with Gasteiger partial charge >= 0.3 is 5.97 Å². The fourth-order valence-corrected chi connectivity index (χ4v) is 1.75. The van der Waals surface area contributed by atoms with E-state index in [2.05, 4.69) is 4.98 Å². The van der Waals surface area contributed by atoms with Crippen LogP contribution in [0.5, 0.6) is 0 Å². The van der Waals surface area contributed by atoms with Gasteiger partial charge in [0.1, 0.15) is 0 Å². The van der Waals surface area contributed by atoms with Crippen molar-refractivity contribution in [1.82, 2.24) is 4.98 Å². The van der Waals surface area contributed by atoms with Gasteiger partial charge in [0.15, 0.2) is 0 Å². The number of rotatable bonds is 3. The minimum atomic E-state index is -0.208. The number of carbonyl (C=O) groups excluding carboxylic acids is 1. The largest absolute Gasteiger partial charge is 0.466 e. The van der Waals surface area contributed by atoms with Crippen molar-refractivity contribution in [3.8, 4) is 0 Å². The maximum Gasteiger partial charge on any atom is 0.310 e. The van der Waals surface area contributed by atoms with Gasteiger partial charge in [-0.25, -0.2) is 0 Å². The molecule has 3 heteroatoms. The normalized spacial score (nSPS) is 10.5. The van der Waals surface area contributed by atoms with Crippen LogP contribution in [0.1, 0.15) is 18.1 Å². The third-order valence-electron chi connectivity index (χ3n) is 2.55. The van der Waals surface area contributed by atoms with E-state index in [1.165, 1.54) is 5.56 Å². The quantitative estimate of drug-likeness (QED) is 0.759. The van der Waals surface area contributed by atoms with Crippen molar-refractivity contribution >= 4 is 16.9 Å². The van der Waals surface area contributed by atoms with E-state index in [-0.39, 0.29) is 12.4 Å². The summed E-state index contributed by atoms with van der Waals surface area (Å²) in [6.45, 7) is 4.26. The molecule has 0 aliphatic carbocycles. The average molecular weight is 229 g/mol. The highest BCUT2D eigenvalue weighted by Gasteiger charge is 2.05. The summed E-state index contributed by atoms with van der Waals surface area (Å²) in [5.74, 6) is -0.208. The first kappa shape index (κ1) is 11.6. The van der Waals surface area contributed by atoms with Gasteiger partial charge in [0.25, 0.3) is 0 Å². The number of nitrogens with zero attached hydrogens (tertiary/aromatic N) is 1. The Morgan fingerprint density at radius 2 is 2.18 bits per heavy atom. The van der Waals surface area contributed by atoms with Crippen LogP contribution >= 0.6 is 0 Å². The Bertz CT molecular complexity index is 549. The van der Waals surface area contributed by atoms with Crippen LogP contribution in [-0.2, 0) is 16.0 Å². The van der Waals surface area contributed by atoms with Crippen LogP contribution in [0.15, 0.2) is 30.5 Å². The van der Waals surface area contributed by atoms with Crippen molar-refractivity contribution in [3.63, 3.8) is 0 Å². The first-order valence-corrected chi connectivity index (χ1v) is 5.70.